The van der Waals surface area contributed by atoms with Crippen LogP contribution in [0, 0.1) is 0 Å². The Kier molecular flexibility index (Phi) is 20.5. The van der Waals surface area contributed by atoms with E-state index in [9.17, 15) is 0 Å². The second kappa shape index (κ2) is 34.9. The monoisotopic (exact) mass is 1770 g/mol. The number of fused-ring (bicyclic) bond motifs is 15. The van der Waals surface area contributed by atoms with Gasteiger partial charge in [0.2, 0.25) is 17.7 Å². The van der Waals surface area contributed by atoms with Crippen LogP contribution in [0.5, 0.6) is 0 Å². The van der Waals surface area contributed by atoms with Gasteiger partial charge in [0.1, 0.15) is 16.6 Å². The molecule has 0 N–H and O–H groups in total. The van der Waals surface area contributed by atoms with Crippen LogP contribution in [-0.2, 0) is 0 Å². The van der Waals surface area contributed by atoms with Gasteiger partial charge in [-0.05, 0) is 164 Å². The SMILES string of the molecule is c1ccc(-c2cc(-c3ccc(-n4c5ccccc5c5c6oc(-c7ccccc7)nc6ccc54)cc3)nc(-c3ccccc3)n2)cc1.c1ccc(-c2cc(-c3ccccc3)nc(-c3ccc(-n4c5ccccc5c5c6oc(-c7ccccc7)nc6ccc54)cc3)n2)cc1.c1ccc(-c2nc(-c3ccccc3)nc(-c3ccc(-n4c5ccccc5c5c6oc(-c7ccccc7)nc6ccc54)cc3)n2)cc1. The second-order valence-corrected chi connectivity index (χ2v) is 33.7. The molecule has 9 aromatic heterocycles. The van der Waals surface area contributed by atoms with E-state index in [0.717, 1.165) is 205 Å². The van der Waals surface area contributed by atoms with Gasteiger partial charge < -0.3 is 27.0 Å². The lowest BCUT2D eigenvalue weighted by Gasteiger charge is -2.11. The number of nitrogens with zero attached hydrogens (tertiary/aromatic N) is 13. The molecule has 0 saturated heterocycles. The van der Waals surface area contributed by atoms with Crippen molar-refractivity contribution < 1.29 is 13.3 Å². The quantitative estimate of drug-likeness (QED) is 0.0946. The van der Waals surface area contributed by atoms with Crippen molar-refractivity contribution in [2.24, 2.45) is 0 Å². The van der Waals surface area contributed by atoms with E-state index in [0.29, 0.717) is 46.8 Å². The molecule has 0 atom stereocenters. The molecule has 0 amide bonds. The predicted molar refractivity (Wildman–Crippen MR) is 555 cm³/mol. The molecule has 648 valence electrons. The molecule has 0 spiro atoms. The minimum Gasteiger partial charge on any atom is -0.435 e. The van der Waals surface area contributed by atoms with Gasteiger partial charge in [-0.3, -0.25) is 0 Å². The topological polar surface area (TPSA) is 183 Å². The van der Waals surface area contributed by atoms with Crippen LogP contribution in [0.1, 0.15) is 0 Å². The zero-order valence-corrected chi connectivity index (χ0v) is 74.0. The fourth-order valence-electron chi connectivity index (χ4n) is 18.7. The lowest BCUT2D eigenvalue weighted by molar-refractivity contribution is 0.622. The molecule has 0 radical (unpaired) electrons. The van der Waals surface area contributed by atoms with Gasteiger partial charge in [-0.2, -0.15) is 0 Å². The molecule has 0 unspecified atom stereocenters. The second-order valence-electron chi connectivity index (χ2n) is 33.7. The van der Waals surface area contributed by atoms with Crippen molar-refractivity contribution in [1.29, 1.82) is 0 Å². The summed E-state index contributed by atoms with van der Waals surface area (Å²) in [5.41, 5.74) is 29.8. The molecule has 0 aliphatic rings. The first-order chi connectivity index (χ1) is 68.4. The summed E-state index contributed by atoms with van der Waals surface area (Å²) in [7, 11) is 0. The van der Waals surface area contributed by atoms with E-state index in [1.54, 1.807) is 0 Å². The van der Waals surface area contributed by atoms with Crippen molar-refractivity contribution in [3.8, 4) is 153 Å². The van der Waals surface area contributed by atoms with E-state index in [-0.39, 0.29) is 0 Å². The normalized spacial score (nSPS) is 11.5. The molecule has 0 saturated carbocycles. The molecule has 9 heterocycles. The van der Waals surface area contributed by atoms with Crippen LogP contribution in [0.4, 0.5) is 0 Å². The lowest BCUT2D eigenvalue weighted by atomic mass is 10.1. The van der Waals surface area contributed by atoms with E-state index >= 15 is 0 Å². The fraction of sp³-hybridized carbons (Fsp3) is 0. The minimum atomic E-state index is 0.617. The van der Waals surface area contributed by atoms with E-state index < -0.39 is 0 Å². The Hall–Kier alpha value is -19.1. The van der Waals surface area contributed by atoms with Gasteiger partial charge in [0.05, 0.1) is 72.0 Å². The summed E-state index contributed by atoms with van der Waals surface area (Å²) in [6.45, 7) is 0. The first-order valence-corrected chi connectivity index (χ1v) is 45.7. The zero-order chi connectivity index (χ0) is 91.4. The number of hydrogen-bond acceptors (Lipinski definition) is 13. The summed E-state index contributed by atoms with van der Waals surface area (Å²) < 4.78 is 26.2. The molecule has 0 bridgehead atoms. The number of para-hydroxylation sites is 3. The largest absolute Gasteiger partial charge is 0.435 e. The highest BCUT2D eigenvalue weighted by Crippen LogP contribution is 2.45. The summed E-state index contributed by atoms with van der Waals surface area (Å²) >= 11 is 0. The summed E-state index contributed by atoms with van der Waals surface area (Å²) in [4.78, 5) is 49.1. The van der Waals surface area contributed by atoms with Crippen molar-refractivity contribution >= 4 is 98.7 Å². The smallest absolute Gasteiger partial charge is 0.227 e. The van der Waals surface area contributed by atoms with Crippen LogP contribution < -0.4 is 0 Å². The molecule has 0 aliphatic heterocycles. The molecular weight excluding hydrogens is 1700 g/mol. The van der Waals surface area contributed by atoms with Crippen molar-refractivity contribution in [3.63, 3.8) is 0 Å². The fourth-order valence-corrected chi connectivity index (χ4v) is 18.7. The highest BCUT2D eigenvalue weighted by Gasteiger charge is 2.26. The standard InChI is InChI=1S/2C41H26N4O.C40H25N5O/c1-4-12-27(13-5-1)34-26-35(43-40(42-34)29-14-6-2-7-15-29)28-20-22-31(23-21-28)45-36-19-11-10-18-32(36)38-37(45)25-24-33-39(38)46-41(44-33)30-16-8-3-9-17-30;1-4-12-27(13-5-1)34-26-35(28-14-6-2-7-15-28)43-40(42-34)29-20-22-31(23-21-29)45-36-19-11-10-18-32(36)38-37(45)25-24-33-39(38)46-41(44-33)30-16-8-3-9-17-30;1-4-12-26(13-5-1)37-42-38(27-14-6-2-7-15-27)44-39(43-37)28-20-22-30(23-21-28)45-33-19-11-10-18-31(33)35-34(45)25-24-32-36(35)46-40(41-32)29-16-8-3-9-17-29/h2*1-26H;1-25H. The van der Waals surface area contributed by atoms with E-state index in [2.05, 4.69) is 232 Å². The molecule has 138 heavy (non-hydrogen) atoms. The summed E-state index contributed by atoms with van der Waals surface area (Å²) in [5, 5.41) is 6.51. The molecule has 0 fully saturated rings. The number of rotatable bonds is 15. The predicted octanol–water partition coefficient (Wildman–Crippen LogP) is 30.5. The van der Waals surface area contributed by atoms with Crippen molar-refractivity contribution in [1.82, 2.24) is 63.5 Å². The molecule has 18 aromatic carbocycles. The van der Waals surface area contributed by atoms with E-state index in [1.165, 1.54) is 0 Å². The van der Waals surface area contributed by atoms with Crippen LogP contribution in [0.25, 0.3) is 252 Å². The van der Waals surface area contributed by atoms with Crippen LogP contribution in [0.15, 0.2) is 480 Å². The lowest BCUT2D eigenvalue weighted by Crippen LogP contribution is -2.00. The number of oxazole rings is 3. The van der Waals surface area contributed by atoms with Gasteiger partial charge in [-0.25, -0.2) is 49.8 Å². The third kappa shape index (κ3) is 15.1. The highest BCUT2D eigenvalue weighted by molar-refractivity contribution is 6.22. The summed E-state index contributed by atoms with van der Waals surface area (Å²) in [6.07, 6.45) is 0. The average molecular weight is 1770 g/mol. The van der Waals surface area contributed by atoms with Gasteiger partial charge in [0.15, 0.2) is 45.9 Å². The number of hydrogen-bond donors (Lipinski definition) is 0. The maximum atomic E-state index is 6.46. The third-order valence-corrected chi connectivity index (χ3v) is 25.2. The van der Waals surface area contributed by atoms with E-state index in [1.807, 2.05) is 249 Å². The Bertz CT molecular complexity index is 8180. The van der Waals surface area contributed by atoms with Crippen LogP contribution in [0.3, 0.4) is 0 Å². The molecular formula is C122H77N13O3. The molecule has 0 aliphatic carbocycles. The minimum absolute atomic E-state index is 0.617. The maximum absolute atomic E-state index is 6.46. The number of benzene rings is 18. The zero-order valence-electron chi connectivity index (χ0n) is 74.0. The van der Waals surface area contributed by atoms with Gasteiger partial charge in [0.25, 0.3) is 0 Å². The average Bonchev–Trinajstić information content (AvgIpc) is 1.58. The summed E-state index contributed by atoms with van der Waals surface area (Å²) in [5.74, 6) is 5.16. The molecule has 16 nitrogen and oxygen atoms in total. The van der Waals surface area contributed by atoms with Gasteiger partial charge >= 0.3 is 0 Å². The third-order valence-electron chi connectivity index (χ3n) is 25.2. The first kappa shape index (κ1) is 81.0. The summed E-state index contributed by atoms with van der Waals surface area (Å²) in [6, 6.07) is 159. The number of aromatic nitrogens is 13. The molecule has 27 aromatic rings. The first-order valence-electron chi connectivity index (χ1n) is 45.7. The Labute approximate surface area is 790 Å². The van der Waals surface area contributed by atoms with Gasteiger partial charge in [-0.1, -0.05) is 303 Å². The van der Waals surface area contributed by atoms with E-state index in [4.69, 9.17) is 63.1 Å². The van der Waals surface area contributed by atoms with Gasteiger partial charge in [-0.15, -0.1) is 0 Å². The van der Waals surface area contributed by atoms with Crippen LogP contribution in [0.2, 0.25) is 0 Å². The Morgan fingerprint density at radius 3 is 0.616 bits per heavy atom. The van der Waals surface area contributed by atoms with Crippen molar-refractivity contribution in [2.75, 3.05) is 0 Å². The Morgan fingerprint density at radius 1 is 0.152 bits per heavy atom. The Balaban J connectivity index is 0.000000110. The van der Waals surface area contributed by atoms with Crippen LogP contribution >= 0.6 is 0 Å². The van der Waals surface area contributed by atoms with Crippen molar-refractivity contribution in [2.45, 2.75) is 0 Å². The van der Waals surface area contributed by atoms with Gasteiger partial charge in [0, 0.05) is 100.0 Å². The highest BCUT2D eigenvalue weighted by atomic mass is 16.4. The van der Waals surface area contributed by atoms with Crippen LogP contribution in [-0.4, -0.2) is 63.5 Å². The molecule has 27 rings (SSSR count). The molecule has 16 heteroatoms. The maximum Gasteiger partial charge on any atom is 0.227 e. The van der Waals surface area contributed by atoms with Crippen molar-refractivity contribution in [3.05, 3.63) is 467 Å². The Morgan fingerprint density at radius 2 is 0.355 bits per heavy atom.